The number of benzene rings is 4. The van der Waals surface area contributed by atoms with E-state index in [0.29, 0.717) is 16.8 Å². The van der Waals surface area contributed by atoms with Crippen LogP contribution in [0.3, 0.4) is 0 Å². The Kier molecular flexibility index (Phi) is 7.54. The third-order valence-electron chi connectivity index (χ3n) is 10.1. The molecular weight excluding hydrogens is 641 g/mol. The minimum absolute atomic E-state index is 0.210. The minimum atomic E-state index is -0.271. The number of para-hydroxylation sites is 2. The maximum atomic E-state index is 15.2. The zero-order valence-electron chi connectivity index (χ0n) is 28.4. The lowest BCUT2D eigenvalue weighted by atomic mass is 9.92. The molecule has 0 aliphatic carbocycles. The highest BCUT2D eigenvalue weighted by atomic mass is 32.1. The molecule has 0 saturated heterocycles. The standard InChI is InChI=1S/C43H36N2O2S2/c1-24-26(3)48-28(5)36(24)38-39(37-25(2)27(4)49-29(37)6)43(47)45(42(38)46)35-23-15-21-33-32-20-13-14-22-34(32)44(41(33)35)40(30-16-9-7-10-17-30)31-18-11-8-12-19-31/h7-23,40H,1-6H3. The fourth-order valence-corrected chi connectivity index (χ4v) is 9.92. The summed E-state index contributed by atoms with van der Waals surface area (Å²) in [5.41, 5.74) is 9.63. The van der Waals surface area contributed by atoms with Crippen molar-refractivity contribution in [1.82, 2.24) is 4.57 Å². The topological polar surface area (TPSA) is 42.3 Å². The van der Waals surface area contributed by atoms with Crippen LogP contribution in [0.2, 0.25) is 0 Å². The van der Waals surface area contributed by atoms with Gasteiger partial charge >= 0.3 is 0 Å². The van der Waals surface area contributed by atoms with Crippen molar-refractivity contribution in [3.05, 3.63) is 156 Å². The summed E-state index contributed by atoms with van der Waals surface area (Å²) in [5, 5.41) is 2.07. The molecule has 1 aliphatic heterocycles. The summed E-state index contributed by atoms with van der Waals surface area (Å²) in [7, 11) is 0. The lowest BCUT2D eigenvalue weighted by molar-refractivity contribution is -0.119. The van der Waals surface area contributed by atoms with Crippen LogP contribution in [0.1, 0.15) is 58.9 Å². The lowest BCUT2D eigenvalue weighted by Gasteiger charge is -2.25. The molecule has 0 spiro atoms. The number of hydrogen-bond donors (Lipinski definition) is 0. The Morgan fingerprint density at radius 1 is 0.510 bits per heavy atom. The first-order valence-corrected chi connectivity index (χ1v) is 18.2. The number of aromatic nitrogens is 1. The van der Waals surface area contributed by atoms with Gasteiger partial charge in [-0.25, -0.2) is 4.90 Å². The molecule has 6 heteroatoms. The first kappa shape index (κ1) is 31.2. The Balaban J connectivity index is 1.45. The molecule has 4 heterocycles. The van der Waals surface area contributed by atoms with E-state index < -0.39 is 0 Å². The van der Waals surface area contributed by atoms with E-state index in [-0.39, 0.29) is 17.9 Å². The average molecular weight is 677 g/mol. The van der Waals surface area contributed by atoms with Crippen molar-refractivity contribution in [2.45, 2.75) is 47.6 Å². The quantitative estimate of drug-likeness (QED) is 0.165. The van der Waals surface area contributed by atoms with Crippen LogP contribution in [-0.2, 0) is 9.59 Å². The molecule has 7 aromatic rings. The number of fused-ring (bicyclic) bond motifs is 3. The van der Waals surface area contributed by atoms with Gasteiger partial charge in [-0.2, -0.15) is 0 Å². The molecule has 0 atom stereocenters. The Morgan fingerprint density at radius 3 is 1.47 bits per heavy atom. The summed E-state index contributed by atoms with van der Waals surface area (Å²) < 4.78 is 2.33. The van der Waals surface area contributed by atoms with Gasteiger partial charge in [0.25, 0.3) is 11.8 Å². The number of carbonyl (C=O) groups excluding carboxylic acids is 2. The number of carbonyl (C=O) groups is 2. The SMILES string of the molecule is Cc1sc(C)c(C2=C(c3c(C)sc(C)c3C)C(=O)N(c3cccc4c5ccccc5n(C(c5ccccc5)c5ccccc5)c34)C2=O)c1C. The highest BCUT2D eigenvalue weighted by Gasteiger charge is 2.44. The summed E-state index contributed by atoms with van der Waals surface area (Å²) in [6, 6.07) is 35.1. The smallest absolute Gasteiger partial charge is 0.266 e. The van der Waals surface area contributed by atoms with Gasteiger partial charge < -0.3 is 4.57 Å². The molecule has 1 aliphatic rings. The average Bonchev–Trinajstić information content (AvgIpc) is 3.74. The van der Waals surface area contributed by atoms with Gasteiger partial charge in [0.15, 0.2) is 0 Å². The normalized spacial score (nSPS) is 13.7. The van der Waals surface area contributed by atoms with Gasteiger partial charge in [0.05, 0.1) is 33.9 Å². The monoisotopic (exact) mass is 676 g/mol. The molecule has 3 aromatic heterocycles. The van der Waals surface area contributed by atoms with Crippen molar-refractivity contribution in [3.63, 3.8) is 0 Å². The Morgan fingerprint density at radius 2 is 0.980 bits per heavy atom. The molecule has 0 radical (unpaired) electrons. The summed E-state index contributed by atoms with van der Waals surface area (Å²) in [4.78, 5) is 36.2. The van der Waals surface area contributed by atoms with E-state index in [1.54, 1.807) is 22.7 Å². The van der Waals surface area contributed by atoms with Crippen LogP contribution in [0.4, 0.5) is 5.69 Å². The second-order valence-electron chi connectivity index (χ2n) is 12.9. The fraction of sp³-hybridized carbons (Fsp3) is 0.163. The lowest BCUT2D eigenvalue weighted by Crippen LogP contribution is -2.32. The summed E-state index contributed by atoms with van der Waals surface area (Å²) >= 11 is 3.37. The molecule has 0 unspecified atom stereocenters. The Bertz CT molecular complexity index is 2380. The van der Waals surface area contributed by atoms with Gasteiger partial charge in [0.2, 0.25) is 0 Å². The zero-order valence-corrected chi connectivity index (χ0v) is 30.1. The van der Waals surface area contributed by atoms with E-state index in [1.165, 1.54) is 4.90 Å². The van der Waals surface area contributed by atoms with Crippen LogP contribution in [0.5, 0.6) is 0 Å². The summed E-state index contributed by atoms with van der Waals surface area (Å²) in [6.07, 6.45) is 0. The number of thiophene rings is 2. The van der Waals surface area contributed by atoms with Gasteiger partial charge in [-0.1, -0.05) is 91.0 Å². The number of imide groups is 1. The Labute approximate surface area is 294 Å². The maximum absolute atomic E-state index is 15.2. The number of hydrogen-bond acceptors (Lipinski definition) is 4. The molecule has 242 valence electrons. The molecule has 4 aromatic carbocycles. The van der Waals surface area contributed by atoms with Crippen LogP contribution >= 0.6 is 22.7 Å². The zero-order chi connectivity index (χ0) is 34.1. The van der Waals surface area contributed by atoms with Crippen LogP contribution in [-0.4, -0.2) is 16.4 Å². The van der Waals surface area contributed by atoms with E-state index in [0.717, 1.165) is 74.7 Å². The number of aryl methyl sites for hydroxylation is 4. The molecule has 0 N–H and O–H groups in total. The van der Waals surface area contributed by atoms with Crippen LogP contribution in [0.25, 0.3) is 33.0 Å². The summed E-state index contributed by atoms with van der Waals surface area (Å²) in [5.74, 6) is -0.543. The van der Waals surface area contributed by atoms with Crippen LogP contribution < -0.4 is 4.90 Å². The van der Waals surface area contributed by atoms with E-state index in [1.807, 2.05) is 24.3 Å². The molecule has 4 nitrogen and oxygen atoms in total. The highest BCUT2D eigenvalue weighted by Crippen LogP contribution is 2.48. The van der Waals surface area contributed by atoms with Gasteiger partial charge in [-0.3, -0.25) is 9.59 Å². The van der Waals surface area contributed by atoms with Crippen LogP contribution in [0, 0.1) is 41.5 Å². The molecule has 2 amide bonds. The van der Waals surface area contributed by atoms with Crippen molar-refractivity contribution in [2.75, 3.05) is 4.90 Å². The van der Waals surface area contributed by atoms with E-state index in [9.17, 15) is 0 Å². The van der Waals surface area contributed by atoms with Crippen molar-refractivity contribution >= 4 is 73.1 Å². The fourth-order valence-electron chi connectivity index (χ4n) is 7.78. The van der Waals surface area contributed by atoms with Gasteiger partial charge in [0.1, 0.15) is 0 Å². The molecule has 0 saturated carbocycles. The van der Waals surface area contributed by atoms with Crippen molar-refractivity contribution in [1.29, 1.82) is 0 Å². The van der Waals surface area contributed by atoms with Gasteiger partial charge in [0, 0.05) is 41.4 Å². The second kappa shape index (κ2) is 11.8. The predicted octanol–water partition coefficient (Wildman–Crippen LogP) is 10.9. The van der Waals surface area contributed by atoms with Crippen LogP contribution in [0.15, 0.2) is 103 Å². The molecule has 0 fully saturated rings. The Hall–Kier alpha value is -5.04. The van der Waals surface area contributed by atoms with E-state index in [2.05, 4.69) is 125 Å². The van der Waals surface area contributed by atoms with Crippen molar-refractivity contribution in [2.24, 2.45) is 0 Å². The number of rotatable bonds is 6. The molecule has 49 heavy (non-hydrogen) atoms. The number of amides is 2. The van der Waals surface area contributed by atoms with E-state index in [4.69, 9.17) is 0 Å². The van der Waals surface area contributed by atoms with E-state index >= 15 is 9.59 Å². The van der Waals surface area contributed by atoms with Crippen molar-refractivity contribution in [3.8, 4) is 0 Å². The third kappa shape index (κ3) is 4.69. The highest BCUT2D eigenvalue weighted by molar-refractivity contribution is 7.12. The predicted molar refractivity (Wildman–Crippen MR) is 206 cm³/mol. The molecule has 0 bridgehead atoms. The first-order chi connectivity index (χ1) is 23.7. The third-order valence-corrected chi connectivity index (χ3v) is 12.4. The molecule has 8 rings (SSSR count). The maximum Gasteiger partial charge on any atom is 0.266 e. The largest absolute Gasteiger partial charge is 0.327 e. The van der Waals surface area contributed by atoms with Gasteiger partial charge in [-0.15, -0.1) is 22.7 Å². The number of nitrogens with zero attached hydrogens (tertiary/aromatic N) is 2. The van der Waals surface area contributed by atoms with Crippen molar-refractivity contribution < 1.29 is 9.59 Å². The number of anilines is 1. The first-order valence-electron chi connectivity index (χ1n) is 16.6. The minimum Gasteiger partial charge on any atom is -0.327 e. The second-order valence-corrected chi connectivity index (χ2v) is 15.8. The summed E-state index contributed by atoms with van der Waals surface area (Å²) in [6.45, 7) is 12.4. The molecular formula is C43H36N2O2S2. The van der Waals surface area contributed by atoms with Gasteiger partial charge in [-0.05, 0) is 75.9 Å².